The maximum absolute atomic E-state index is 13.3. The first-order chi connectivity index (χ1) is 12.2. The quantitative estimate of drug-likeness (QED) is 0.367. The van der Waals surface area contributed by atoms with Crippen LogP contribution in [0.15, 0.2) is 95.5 Å². The van der Waals surface area contributed by atoms with E-state index in [0.717, 1.165) is 31.9 Å². The number of carbonyl (C=O) groups is 1. The van der Waals surface area contributed by atoms with Gasteiger partial charge < -0.3 is 0 Å². The van der Waals surface area contributed by atoms with Crippen molar-refractivity contribution in [2.45, 2.75) is 0 Å². The normalized spacial score (nSPS) is 10.8. The molecule has 0 unspecified atom stereocenters. The van der Waals surface area contributed by atoms with Crippen molar-refractivity contribution in [3.8, 4) is 11.1 Å². The second-order valence-corrected chi connectivity index (χ2v) is 6.83. The summed E-state index contributed by atoms with van der Waals surface area (Å²) in [5, 5.41) is 2.05. The van der Waals surface area contributed by atoms with Gasteiger partial charge in [-0.05, 0) is 34.0 Å². The van der Waals surface area contributed by atoms with Gasteiger partial charge in [-0.25, -0.2) is 0 Å². The predicted molar refractivity (Wildman–Crippen MR) is 107 cm³/mol. The third-order valence-corrected chi connectivity index (χ3v) is 4.82. The largest absolute Gasteiger partial charge is 0.289 e. The van der Waals surface area contributed by atoms with Crippen LogP contribution >= 0.6 is 15.9 Å². The number of halogens is 1. The van der Waals surface area contributed by atoms with E-state index in [1.54, 1.807) is 0 Å². The van der Waals surface area contributed by atoms with Crippen LogP contribution in [0.3, 0.4) is 0 Å². The molecule has 25 heavy (non-hydrogen) atoms. The zero-order valence-corrected chi connectivity index (χ0v) is 15.0. The topological polar surface area (TPSA) is 17.1 Å². The maximum Gasteiger partial charge on any atom is 0.194 e. The Kier molecular flexibility index (Phi) is 4.21. The minimum atomic E-state index is 0.0485. The second kappa shape index (κ2) is 6.66. The van der Waals surface area contributed by atoms with Crippen molar-refractivity contribution in [2.24, 2.45) is 0 Å². The molecule has 0 aliphatic heterocycles. The summed E-state index contributed by atoms with van der Waals surface area (Å²) in [5.41, 5.74) is 3.44. The van der Waals surface area contributed by atoms with Gasteiger partial charge in [0.1, 0.15) is 0 Å². The molecule has 2 heteroatoms. The van der Waals surface area contributed by atoms with E-state index < -0.39 is 0 Å². The predicted octanol–water partition coefficient (Wildman–Crippen LogP) is 6.50. The fraction of sp³-hybridized carbons (Fsp3) is 0. The molecule has 0 N–H and O–H groups in total. The van der Waals surface area contributed by atoms with Gasteiger partial charge in [-0.1, -0.05) is 94.8 Å². The number of rotatable bonds is 3. The third kappa shape index (κ3) is 3.01. The minimum absolute atomic E-state index is 0.0485. The summed E-state index contributed by atoms with van der Waals surface area (Å²) in [7, 11) is 0. The van der Waals surface area contributed by atoms with E-state index >= 15 is 0 Å². The molecule has 4 aromatic carbocycles. The smallest absolute Gasteiger partial charge is 0.194 e. The van der Waals surface area contributed by atoms with E-state index in [2.05, 4.69) is 22.0 Å². The van der Waals surface area contributed by atoms with Gasteiger partial charge in [-0.15, -0.1) is 0 Å². The van der Waals surface area contributed by atoms with Crippen molar-refractivity contribution >= 4 is 32.5 Å². The van der Waals surface area contributed by atoms with Crippen LogP contribution in [-0.2, 0) is 0 Å². The van der Waals surface area contributed by atoms with E-state index in [1.807, 2.05) is 84.9 Å². The Morgan fingerprint density at radius 2 is 1.48 bits per heavy atom. The van der Waals surface area contributed by atoms with Crippen LogP contribution in [0, 0.1) is 0 Å². The van der Waals surface area contributed by atoms with Crippen LogP contribution in [0.4, 0.5) is 0 Å². The molecule has 0 spiro atoms. The standard InChI is InChI=1S/C23H15BrO/c24-19-11-6-10-18(15-19)21-14-13-16-7-4-5-12-20(16)22(21)23(25)17-8-2-1-3-9-17/h1-15H. The molecule has 0 atom stereocenters. The fourth-order valence-corrected chi connectivity index (χ4v) is 3.55. The van der Waals surface area contributed by atoms with Crippen LogP contribution in [0.25, 0.3) is 21.9 Å². The molecular weight excluding hydrogens is 372 g/mol. The summed E-state index contributed by atoms with van der Waals surface area (Å²) in [5.74, 6) is 0.0485. The highest BCUT2D eigenvalue weighted by atomic mass is 79.9. The van der Waals surface area contributed by atoms with Crippen molar-refractivity contribution < 1.29 is 4.79 Å². The monoisotopic (exact) mass is 386 g/mol. The highest BCUT2D eigenvalue weighted by molar-refractivity contribution is 9.10. The summed E-state index contributed by atoms with van der Waals surface area (Å²) >= 11 is 3.53. The van der Waals surface area contributed by atoms with Crippen molar-refractivity contribution in [3.05, 3.63) is 107 Å². The molecule has 0 aromatic heterocycles. The van der Waals surface area contributed by atoms with E-state index in [0.29, 0.717) is 5.56 Å². The molecule has 0 saturated heterocycles. The second-order valence-electron chi connectivity index (χ2n) is 5.91. The molecule has 0 heterocycles. The van der Waals surface area contributed by atoms with Gasteiger partial charge in [-0.2, -0.15) is 0 Å². The molecule has 4 rings (SSSR count). The summed E-state index contributed by atoms with van der Waals surface area (Å²) in [6.07, 6.45) is 0. The molecule has 1 nitrogen and oxygen atoms in total. The van der Waals surface area contributed by atoms with E-state index in [1.165, 1.54) is 0 Å². The van der Waals surface area contributed by atoms with Gasteiger partial charge in [0.15, 0.2) is 5.78 Å². The molecular formula is C23H15BrO. The number of fused-ring (bicyclic) bond motifs is 1. The van der Waals surface area contributed by atoms with Crippen molar-refractivity contribution in [1.29, 1.82) is 0 Å². The lowest BCUT2D eigenvalue weighted by Gasteiger charge is -2.13. The van der Waals surface area contributed by atoms with Crippen molar-refractivity contribution in [3.63, 3.8) is 0 Å². The molecule has 0 bridgehead atoms. The van der Waals surface area contributed by atoms with Gasteiger partial charge in [-0.3, -0.25) is 4.79 Å². The van der Waals surface area contributed by atoms with E-state index in [9.17, 15) is 4.79 Å². The Balaban J connectivity index is 2.02. The number of hydrogen-bond donors (Lipinski definition) is 0. The van der Waals surface area contributed by atoms with Gasteiger partial charge in [0.25, 0.3) is 0 Å². The Bertz CT molecular complexity index is 1070. The Hall–Kier alpha value is -2.71. The van der Waals surface area contributed by atoms with Crippen LogP contribution in [-0.4, -0.2) is 5.78 Å². The van der Waals surface area contributed by atoms with Crippen molar-refractivity contribution in [1.82, 2.24) is 0 Å². The molecule has 4 aromatic rings. The lowest BCUT2D eigenvalue weighted by atomic mass is 9.89. The van der Waals surface area contributed by atoms with Crippen LogP contribution < -0.4 is 0 Å². The van der Waals surface area contributed by atoms with Crippen molar-refractivity contribution in [2.75, 3.05) is 0 Å². The van der Waals surface area contributed by atoms with Gasteiger partial charge in [0.05, 0.1) is 0 Å². The molecule has 0 aliphatic carbocycles. The SMILES string of the molecule is O=C(c1ccccc1)c1c(-c2cccc(Br)c2)ccc2ccccc12. The molecule has 0 amide bonds. The van der Waals surface area contributed by atoms with Gasteiger partial charge in [0.2, 0.25) is 0 Å². The van der Waals surface area contributed by atoms with E-state index in [4.69, 9.17) is 0 Å². The maximum atomic E-state index is 13.3. The fourth-order valence-electron chi connectivity index (χ4n) is 3.15. The highest BCUT2D eigenvalue weighted by Crippen LogP contribution is 2.33. The molecule has 0 fully saturated rings. The Morgan fingerprint density at radius 3 is 2.28 bits per heavy atom. The average Bonchev–Trinajstić information content (AvgIpc) is 2.67. The lowest BCUT2D eigenvalue weighted by Crippen LogP contribution is -2.04. The average molecular weight is 387 g/mol. The zero-order chi connectivity index (χ0) is 17.2. The number of benzene rings is 4. The summed E-state index contributed by atoms with van der Waals surface area (Å²) in [6.45, 7) is 0. The lowest BCUT2D eigenvalue weighted by molar-refractivity contribution is 0.104. The number of ketones is 1. The number of hydrogen-bond acceptors (Lipinski definition) is 1. The summed E-state index contributed by atoms with van der Waals surface area (Å²) in [6, 6.07) is 29.7. The van der Waals surface area contributed by atoms with Crippen LogP contribution in [0.5, 0.6) is 0 Å². The molecule has 0 aliphatic rings. The van der Waals surface area contributed by atoms with Crippen LogP contribution in [0.1, 0.15) is 15.9 Å². The first kappa shape index (κ1) is 15.8. The van der Waals surface area contributed by atoms with Crippen LogP contribution in [0.2, 0.25) is 0 Å². The summed E-state index contributed by atoms with van der Waals surface area (Å²) < 4.78 is 0.997. The van der Waals surface area contributed by atoms with Gasteiger partial charge in [0, 0.05) is 15.6 Å². The first-order valence-corrected chi connectivity index (χ1v) is 8.91. The zero-order valence-electron chi connectivity index (χ0n) is 13.4. The summed E-state index contributed by atoms with van der Waals surface area (Å²) in [4.78, 5) is 13.3. The molecule has 120 valence electrons. The first-order valence-electron chi connectivity index (χ1n) is 8.11. The number of carbonyl (C=O) groups excluding carboxylic acids is 1. The third-order valence-electron chi connectivity index (χ3n) is 4.33. The highest BCUT2D eigenvalue weighted by Gasteiger charge is 2.18. The molecule has 0 saturated carbocycles. The van der Waals surface area contributed by atoms with E-state index in [-0.39, 0.29) is 5.78 Å². The Morgan fingerprint density at radius 1 is 0.720 bits per heavy atom. The van der Waals surface area contributed by atoms with Gasteiger partial charge >= 0.3 is 0 Å². The molecule has 0 radical (unpaired) electrons. The minimum Gasteiger partial charge on any atom is -0.289 e. The Labute approximate surface area is 155 Å².